The lowest BCUT2D eigenvalue weighted by atomic mass is 10.3. The Hall–Kier alpha value is -2.07. The van der Waals surface area contributed by atoms with E-state index in [0.717, 1.165) is 16.1 Å². The van der Waals surface area contributed by atoms with Gasteiger partial charge >= 0.3 is 0 Å². The van der Waals surface area contributed by atoms with Gasteiger partial charge in [-0.05, 0) is 55.5 Å². The summed E-state index contributed by atoms with van der Waals surface area (Å²) in [6.07, 6.45) is 2.56. The third kappa shape index (κ3) is 5.88. The van der Waals surface area contributed by atoms with Crippen molar-refractivity contribution in [3.05, 3.63) is 60.9 Å². The van der Waals surface area contributed by atoms with Crippen LogP contribution < -0.4 is 0 Å². The van der Waals surface area contributed by atoms with Crippen molar-refractivity contribution < 1.29 is 15.3 Å². The molecule has 3 nitrogen and oxygen atoms in total. The molecule has 0 spiro atoms. The molecule has 2 aromatic rings. The summed E-state index contributed by atoms with van der Waals surface area (Å²) in [5, 5.41) is 25.9. The number of aliphatic hydroxyl groups is 1. The van der Waals surface area contributed by atoms with Gasteiger partial charge in [-0.15, -0.1) is 0 Å². The van der Waals surface area contributed by atoms with Crippen LogP contribution in [0, 0.1) is 0 Å². The van der Waals surface area contributed by atoms with E-state index in [9.17, 15) is 0 Å². The van der Waals surface area contributed by atoms with E-state index in [1.54, 1.807) is 49.0 Å². The minimum atomic E-state index is 0.269. The lowest BCUT2D eigenvalue weighted by Gasteiger charge is -2.01. The van der Waals surface area contributed by atoms with Crippen LogP contribution >= 0.6 is 11.8 Å². The van der Waals surface area contributed by atoms with Crippen LogP contribution in [0.15, 0.2) is 70.7 Å². The van der Waals surface area contributed by atoms with Crippen LogP contribution in [0.25, 0.3) is 0 Å². The van der Waals surface area contributed by atoms with E-state index in [4.69, 9.17) is 15.3 Å². The molecule has 19 heavy (non-hydrogen) atoms. The molecule has 0 heterocycles. The van der Waals surface area contributed by atoms with Crippen molar-refractivity contribution in [3.63, 3.8) is 0 Å². The van der Waals surface area contributed by atoms with Crippen LogP contribution in [-0.4, -0.2) is 15.3 Å². The topological polar surface area (TPSA) is 60.7 Å². The maximum absolute atomic E-state index is 9.12. The average Bonchev–Trinajstić information content (AvgIpc) is 2.44. The number of allylic oxidation sites excluding steroid dienone is 1. The van der Waals surface area contributed by atoms with Crippen LogP contribution in [0.4, 0.5) is 0 Å². The predicted octanol–water partition coefficient (Wildman–Crippen LogP) is 4.33. The second-order valence-corrected chi connectivity index (χ2v) is 4.72. The van der Waals surface area contributed by atoms with E-state index in [-0.39, 0.29) is 11.5 Å². The summed E-state index contributed by atoms with van der Waals surface area (Å²) in [5.41, 5.74) is 0. The van der Waals surface area contributed by atoms with Crippen molar-refractivity contribution in [2.45, 2.75) is 16.7 Å². The molecule has 3 N–H and O–H groups in total. The van der Waals surface area contributed by atoms with E-state index < -0.39 is 0 Å². The molecule has 2 aromatic carbocycles. The fraction of sp³-hybridized carbons (Fsp3) is 0.0667. The van der Waals surface area contributed by atoms with Gasteiger partial charge in [0, 0.05) is 9.79 Å². The van der Waals surface area contributed by atoms with Crippen LogP contribution in [0.2, 0.25) is 0 Å². The largest absolute Gasteiger partial charge is 0.516 e. The molecule has 0 aromatic heterocycles. The summed E-state index contributed by atoms with van der Waals surface area (Å²) >= 11 is 1.58. The Labute approximate surface area is 116 Å². The molecule has 2 rings (SSSR count). The Morgan fingerprint density at radius 2 is 1.11 bits per heavy atom. The Kier molecular flexibility index (Phi) is 6.39. The number of benzene rings is 2. The molecule has 4 heteroatoms. The molecule has 0 unspecified atom stereocenters. The maximum atomic E-state index is 9.12. The zero-order valence-electron chi connectivity index (χ0n) is 10.5. The minimum absolute atomic E-state index is 0.269. The van der Waals surface area contributed by atoms with Crippen molar-refractivity contribution in [1.29, 1.82) is 0 Å². The predicted molar refractivity (Wildman–Crippen MR) is 77.8 cm³/mol. The standard InChI is InChI=1S/C12H10O2S.C3H6O/c13-9-1-5-11(6-2-9)15-12-7-3-10(14)4-8-12;1-2-3-4/h1-8,13-14H;2-4H,1H3. The van der Waals surface area contributed by atoms with E-state index >= 15 is 0 Å². The monoisotopic (exact) mass is 276 g/mol. The highest BCUT2D eigenvalue weighted by Crippen LogP contribution is 2.29. The van der Waals surface area contributed by atoms with Crippen molar-refractivity contribution >= 4 is 11.8 Å². The minimum Gasteiger partial charge on any atom is -0.516 e. The Bertz CT molecular complexity index is 456. The van der Waals surface area contributed by atoms with Crippen molar-refractivity contribution in [1.82, 2.24) is 0 Å². The number of phenols is 2. The van der Waals surface area contributed by atoms with Gasteiger partial charge in [0.1, 0.15) is 11.5 Å². The second-order valence-electron chi connectivity index (χ2n) is 3.57. The third-order valence-corrected chi connectivity index (χ3v) is 3.07. The molecule has 0 atom stereocenters. The Balaban J connectivity index is 0.000000399. The zero-order valence-corrected chi connectivity index (χ0v) is 11.3. The highest BCUT2D eigenvalue weighted by molar-refractivity contribution is 7.99. The van der Waals surface area contributed by atoms with Gasteiger partial charge in [-0.2, -0.15) is 0 Å². The number of hydrogen-bond donors (Lipinski definition) is 3. The first-order chi connectivity index (χ1) is 9.15. The lowest BCUT2D eigenvalue weighted by molar-refractivity contribution is 0.472. The van der Waals surface area contributed by atoms with Crippen molar-refractivity contribution in [2.24, 2.45) is 0 Å². The zero-order chi connectivity index (χ0) is 14.1. The number of rotatable bonds is 2. The smallest absolute Gasteiger partial charge is 0.115 e. The molecule has 0 aliphatic carbocycles. The number of phenolic OH excluding ortho intramolecular Hbond substituents is 2. The van der Waals surface area contributed by atoms with Gasteiger partial charge in [-0.1, -0.05) is 17.8 Å². The molecule has 0 fully saturated rings. The summed E-state index contributed by atoms with van der Waals surface area (Å²) in [6, 6.07) is 14.0. The first-order valence-electron chi connectivity index (χ1n) is 5.67. The number of aliphatic hydroxyl groups excluding tert-OH is 1. The van der Waals surface area contributed by atoms with Gasteiger partial charge in [0.2, 0.25) is 0 Å². The van der Waals surface area contributed by atoms with Crippen LogP contribution in [0.1, 0.15) is 6.92 Å². The number of aromatic hydroxyl groups is 2. The lowest BCUT2D eigenvalue weighted by Crippen LogP contribution is -1.73. The molecule has 0 radical (unpaired) electrons. The fourth-order valence-corrected chi connectivity index (χ4v) is 1.98. The molecule has 0 aliphatic heterocycles. The van der Waals surface area contributed by atoms with Crippen LogP contribution in [0.5, 0.6) is 11.5 Å². The molecule has 0 bridgehead atoms. The van der Waals surface area contributed by atoms with Gasteiger partial charge < -0.3 is 15.3 Å². The number of hydrogen-bond acceptors (Lipinski definition) is 4. The first-order valence-corrected chi connectivity index (χ1v) is 6.48. The second kappa shape index (κ2) is 8.11. The van der Waals surface area contributed by atoms with Crippen LogP contribution in [-0.2, 0) is 0 Å². The summed E-state index contributed by atoms with van der Waals surface area (Å²) in [5.74, 6) is 0.537. The molecule has 0 saturated heterocycles. The van der Waals surface area contributed by atoms with E-state index in [0.29, 0.717) is 0 Å². The van der Waals surface area contributed by atoms with Gasteiger partial charge in [-0.25, -0.2) is 0 Å². The molecule has 100 valence electrons. The Morgan fingerprint density at radius 1 is 0.789 bits per heavy atom. The quantitative estimate of drug-likeness (QED) is 0.715. The maximum Gasteiger partial charge on any atom is 0.115 e. The summed E-state index contributed by atoms with van der Waals surface area (Å²) in [6.45, 7) is 1.75. The average molecular weight is 276 g/mol. The summed E-state index contributed by atoms with van der Waals surface area (Å²) < 4.78 is 0. The highest BCUT2D eigenvalue weighted by Gasteiger charge is 1.97. The molecule has 0 saturated carbocycles. The first kappa shape index (κ1) is 15.0. The summed E-state index contributed by atoms with van der Waals surface area (Å²) in [7, 11) is 0. The molecular weight excluding hydrogens is 260 g/mol. The highest BCUT2D eigenvalue weighted by atomic mass is 32.2. The normalized spacial score (nSPS) is 9.95. The van der Waals surface area contributed by atoms with Gasteiger partial charge in [0.15, 0.2) is 0 Å². The fourth-order valence-electron chi connectivity index (χ4n) is 1.16. The van der Waals surface area contributed by atoms with E-state index in [1.807, 2.05) is 24.3 Å². The molecular formula is C15H16O3S. The molecule has 0 amide bonds. The summed E-state index contributed by atoms with van der Waals surface area (Å²) in [4.78, 5) is 2.11. The van der Waals surface area contributed by atoms with Crippen molar-refractivity contribution in [3.8, 4) is 11.5 Å². The SMILES string of the molecule is CC=CO.Oc1ccc(Sc2ccc(O)cc2)cc1. The van der Waals surface area contributed by atoms with Gasteiger partial charge in [0.25, 0.3) is 0 Å². The Morgan fingerprint density at radius 3 is 1.37 bits per heavy atom. The van der Waals surface area contributed by atoms with Gasteiger partial charge in [-0.3, -0.25) is 0 Å². The van der Waals surface area contributed by atoms with Crippen molar-refractivity contribution in [2.75, 3.05) is 0 Å². The van der Waals surface area contributed by atoms with E-state index in [2.05, 4.69) is 0 Å². The van der Waals surface area contributed by atoms with Gasteiger partial charge in [0.05, 0.1) is 6.26 Å². The third-order valence-electron chi connectivity index (χ3n) is 2.06. The van der Waals surface area contributed by atoms with E-state index in [1.165, 1.54) is 0 Å². The molecule has 0 aliphatic rings. The van der Waals surface area contributed by atoms with Crippen LogP contribution in [0.3, 0.4) is 0 Å².